The highest BCUT2D eigenvalue weighted by Gasteiger charge is 2.23. The molecule has 0 radical (unpaired) electrons. The van der Waals surface area contributed by atoms with Gasteiger partial charge in [0, 0.05) is 5.56 Å². The summed E-state index contributed by atoms with van der Waals surface area (Å²) in [6, 6.07) is 24.5. The van der Waals surface area contributed by atoms with Crippen LogP contribution in [-0.2, 0) is 9.53 Å². The molecule has 5 nitrogen and oxygen atoms in total. The molecule has 0 aliphatic rings. The quantitative estimate of drug-likeness (QED) is 0.407. The molecule has 3 aromatic carbocycles. The molecule has 4 rings (SSSR count). The van der Waals surface area contributed by atoms with Crippen molar-refractivity contribution >= 4 is 33.4 Å². The highest BCUT2D eigenvalue weighted by Crippen LogP contribution is 2.24. The molecule has 31 heavy (non-hydrogen) atoms. The molecule has 0 fully saturated rings. The van der Waals surface area contributed by atoms with Crippen LogP contribution in [0.25, 0.3) is 21.3 Å². The third-order valence-corrected chi connectivity index (χ3v) is 6.15. The average molecular weight is 431 g/mol. The Labute approximate surface area is 184 Å². The Morgan fingerprint density at radius 3 is 2.42 bits per heavy atom. The lowest BCUT2D eigenvalue weighted by Crippen LogP contribution is -2.28. The molecule has 4 aromatic rings. The van der Waals surface area contributed by atoms with E-state index in [4.69, 9.17) is 4.74 Å². The zero-order valence-corrected chi connectivity index (χ0v) is 18.1. The number of nitrogens with zero attached hydrogens (tertiary/aromatic N) is 2. The second-order valence-electron chi connectivity index (χ2n) is 7.03. The number of hydrogen-bond acceptors (Lipinski definition) is 4. The fourth-order valence-corrected chi connectivity index (χ4v) is 4.64. The number of esters is 1. The summed E-state index contributed by atoms with van der Waals surface area (Å²) in [7, 11) is 1.37. The molecule has 0 aliphatic heterocycles. The van der Waals surface area contributed by atoms with Gasteiger partial charge in [-0.3, -0.25) is 4.79 Å². The Kier molecular flexibility index (Phi) is 6.09. The summed E-state index contributed by atoms with van der Waals surface area (Å²) >= 11 is 1.39. The molecule has 0 spiro atoms. The van der Waals surface area contributed by atoms with Crippen LogP contribution in [0, 0.1) is 0 Å². The van der Waals surface area contributed by atoms with Crippen molar-refractivity contribution < 1.29 is 14.3 Å². The molecule has 1 aromatic heterocycles. The maximum absolute atomic E-state index is 13.1. The number of fused-ring (bicyclic) bond motifs is 1. The minimum absolute atomic E-state index is 0.349. The number of thiazole rings is 1. The summed E-state index contributed by atoms with van der Waals surface area (Å²) in [5.74, 6) is -0.705. The molecular weight excluding hydrogens is 408 g/mol. The van der Waals surface area contributed by atoms with Crippen LogP contribution in [0.3, 0.4) is 0 Å². The maximum Gasteiger partial charge on any atom is 0.328 e. The standard InChI is InChI=1S/C25H22N2O3S/c1-3-20(24(29)30-2)27-21-14-7-8-15-22(21)31-25(27)26-23(28)19-13-9-12-18(16-19)17-10-5-4-6-11-17/h4-16,20H,3H2,1-2H3. The maximum atomic E-state index is 13.1. The normalized spacial score (nSPS) is 12.6. The van der Waals surface area contributed by atoms with E-state index in [1.165, 1.54) is 18.4 Å². The molecule has 0 N–H and O–H groups in total. The summed E-state index contributed by atoms with van der Waals surface area (Å²) in [6.45, 7) is 1.91. The van der Waals surface area contributed by atoms with E-state index in [0.717, 1.165) is 21.3 Å². The van der Waals surface area contributed by atoms with Crippen molar-refractivity contribution in [3.05, 3.63) is 89.2 Å². The zero-order valence-electron chi connectivity index (χ0n) is 17.3. The second-order valence-corrected chi connectivity index (χ2v) is 8.04. The number of amides is 1. The van der Waals surface area contributed by atoms with Gasteiger partial charge in [0.15, 0.2) is 4.80 Å². The van der Waals surface area contributed by atoms with Crippen molar-refractivity contribution in [3.63, 3.8) is 0 Å². The molecule has 1 heterocycles. The van der Waals surface area contributed by atoms with Gasteiger partial charge in [-0.25, -0.2) is 4.79 Å². The van der Waals surface area contributed by atoms with Crippen molar-refractivity contribution in [1.82, 2.24) is 4.57 Å². The lowest BCUT2D eigenvalue weighted by Gasteiger charge is -2.15. The van der Waals surface area contributed by atoms with Gasteiger partial charge in [-0.05, 0) is 41.8 Å². The lowest BCUT2D eigenvalue weighted by molar-refractivity contribution is -0.144. The van der Waals surface area contributed by atoms with Crippen LogP contribution in [-0.4, -0.2) is 23.6 Å². The van der Waals surface area contributed by atoms with Crippen LogP contribution in [0.5, 0.6) is 0 Å². The Hall–Kier alpha value is -3.51. The molecule has 6 heteroatoms. The fraction of sp³-hybridized carbons (Fsp3) is 0.160. The predicted molar refractivity (Wildman–Crippen MR) is 123 cm³/mol. The van der Waals surface area contributed by atoms with Gasteiger partial charge in [0.05, 0.1) is 17.3 Å². The SMILES string of the molecule is CCC(C(=O)OC)n1c(=NC(=O)c2cccc(-c3ccccc3)c2)sc2ccccc21. The van der Waals surface area contributed by atoms with Gasteiger partial charge in [-0.1, -0.05) is 72.9 Å². The number of ether oxygens (including phenoxy) is 1. The Bertz CT molecular complexity index is 1310. The second kappa shape index (κ2) is 9.10. The first-order chi connectivity index (χ1) is 15.1. The first-order valence-electron chi connectivity index (χ1n) is 10.0. The van der Waals surface area contributed by atoms with E-state index in [2.05, 4.69) is 4.99 Å². The molecule has 1 unspecified atom stereocenters. The Morgan fingerprint density at radius 1 is 0.968 bits per heavy atom. The van der Waals surface area contributed by atoms with E-state index < -0.39 is 6.04 Å². The molecule has 156 valence electrons. The van der Waals surface area contributed by atoms with Crippen molar-refractivity contribution in [2.24, 2.45) is 4.99 Å². The van der Waals surface area contributed by atoms with Crippen LogP contribution >= 0.6 is 11.3 Å². The summed E-state index contributed by atoms with van der Waals surface area (Å²) in [6.07, 6.45) is 0.526. The van der Waals surface area contributed by atoms with E-state index in [9.17, 15) is 9.59 Å². The molecular formula is C25H22N2O3S. The topological polar surface area (TPSA) is 60.7 Å². The van der Waals surface area contributed by atoms with E-state index >= 15 is 0 Å². The first-order valence-corrected chi connectivity index (χ1v) is 10.9. The Balaban J connectivity index is 1.82. The molecule has 0 saturated heterocycles. The van der Waals surface area contributed by atoms with Gasteiger partial charge >= 0.3 is 5.97 Å². The van der Waals surface area contributed by atoms with E-state index in [-0.39, 0.29) is 11.9 Å². The van der Waals surface area contributed by atoms with E-state index in [0.29, 0.717) is 16.8 Å². The third-order valence-electron chi connectivity index (χ3n) is 5.12. The number of benzene rings is 3. The van der Waals surface area contributed by atoms with Crippen LogP contribution in [0.1, 0.15) is 29.7 Å². The minimum Gasteiger partial charge on any atom is -0.467 e. The van der Waals surface area contributed by atoms with Crippen molar-refractivity contribution in [2.75, 3.05) is 7.11 Å². The summed E-state index contributed by atoms with van der Waals surface area (Å²) < 4.78 is 7.77. The van der Waals surface area contributed by atoms with E-state index in [1.54, 1.807) is 6.07 Å². The van der Waals surface area contributed by atoms with Crippen LogP contribution < -0.4 is 4.80 Å². The van der Waals surface area contributed by atoms with E-state index in [1.807, 2.05) is 84.3 Å². The van der Waals surface area contributed by atoms with Gasteiger partial charge in [0.2, 0.25) is 0 Å². The van der Waals surface area contributed by atoms with Gasteiger partial charge in [0.25, 0.3) is 5.91 Å². The Morgan fingerprint density at radius 2 is 1.68 bits per heavy atom. The summed E-state index contributed by atoms with van der Waals surface area (Å²) in [4.78, 5) is 30.4. The van der Waals surface area contributed by atoms with Crippen molar-refractivity contribution in [3.8, 4) is 11.1 Å². The monoisotopic (exact) mass is 430 g/mol. The van der Waals surface area contributed by atoms with Gasteiger partial charge in [0.1, 0.15) is 6.04 Å². The number of carbonyl (C=O) groups excluding carboxylic acids is 2. The predicted octanol–water partition coefficient (Wildman–Crippen LogP) is 5.24. The molecule has 1 amide bonds. The number of methoxy groups -OCH3 is 1. The van der Waals surface area contributed by atoms with Crippen LogP contribution in [0.15, 0.2) is 83.9 Å². The fourth-order valence-electron chi connectivity index (χ4n) is 3.58. The van der Waals surface area contributed by atoms with Crippen LogP contribution in [0.2, 0.25) is 0 Å². The first kappa shape index (κ1) is 20.8. The minimum atomic E-state index is -0.552. The highest BCUT2D eigenvalue weighted by molar-refractivity contribution is 7.16. The van der Waals surface area contributed by atoms with Crippen LogP contribution in [0.4, 0.5) is 0 Å². The molecule has 0 saturated carbocycles. The smallest absolute Gasteiger partial charge is 0.328 e. The molecule has 1 atom stereocenters. The highest BCUT2D eigenvalue weighted by atomic mass is 32.1. The lowest BCUT2D eigenvalue weighted by atomic mass is 10.0. The number of rotatable bonds is 5. The average Bonchev–Trinajstić information content (AvgIpc) is 3.17. The number of carbonyl (C=O) groups is 2. The largest absolute Gasteiger partial charge is 0.467 e. The molecule has 0 aliphatic carbocycles. The van der Waals surface area contributed by atoms with Gasteiger partial charge in [-0.15, -0.1) is 0 Å². The number of para-hydroxylation sites is 1. The van der Waals surface area contributed by atoms with Gasteiger partial charge < -0.3 is 9.30 Å². The summed E-state index contributed by atoms with van der Waals surface area (Å²) in [5, 5.41) is 0. The zero-order chi connectivity index (χ0) is 21.8. The van der Waals surface area contributed by atoms with Crippen molar-refractivity contribution in [1.29, 1.82) is 0 Å². The van der Waals surface area contributed by atoms with Crippen molar-refractivity contribution in [2.45, 2.75) is 19.4 Å². The number of aromatic nitrogens is 1. The third kappa shape index (κ3) is 4.20. The number of hydrogen-bond donors (Lipinski definition) is 0. The van der Waals surface area contributed by atoms with Gasteiger partial charge in [-0.2, -0.15) is 4.99 Å². The molecule has 0 bridgehead atoms. The summed E-state index contributed by atoms with van der Waals surface area (Å²) in [5.41, 5.74) is 3.34.